The first-order chi connectivity index (χ1) is 8.96. The number of hydrogen-bond acceptors (Lipinski definition) is 2. The maximum absolute atomic E-state index is 12.1. The number of carbonyl (C=O) groups excluding carboxylic acids is 1. The van der Waals surface area contributed by atoms with Crippen LogP contribution in [0.4, 0.5) is 11.4 Å². The molecule has 3 nitrogen and oxygen atoms in total. The van der Waals surface area contributed by atoms with E-state index in [0.717, 1.165) is 24.5 Å². The second-order valence-electron chi connectivity index (χ2n) is 6.50. The molecule has 1 amide bonds. The van der Waals surface area contributed by atoms with Gasteiger partial charge in [0.2, 0.25) is 5.91 Å². The van der Waals surface area contributed by atoms with E-state index in [1.807, 2.05) is 18.2 Å². The maximum Gasteiger partial charge on any atom is 0.224 e. The largest absolute Gasteiger partial charge is 0.370 e. The average Bonchev–Trinajstić information content (AvgIpc) is 2.80. The molecular weight excluding hydrogens is 236 g/mol. The van der Waals surface area contributed by atoms with Crippen molar-refractivity contribution in [2.24, 2.45) is 5.41 Å². The Labute approximate surface area is 116 Å². The highest BCUT2D eigenvalue weighted by atomic mass is 16.1. The van der Waals surface area contributed by atoms with Gasteiger partial charge in [-0.15, -0.1) is 0 Å². The van der Waals surface area contributed by atoms with Crippen LogP contribution in [0.2, 0.25) is 0 Å². The molecule has 1 aliphatic heterocycles. The Hall–Kier alpha value is -1.51. The van der Waals surface area contributed by atoms with E-state index in [1.54, 1.807) is 0 Å². The van der Waals surface area contributed by atoms with E-state index in [9.17, 15) is 4.79 Å². The number of nitrogens with one attached hydrogen (secondary N) is 1. The molecule has 1 N–H and O–H groups in total. The van der Waals surface area contributed by atoms with Crippen LogP contribution in [0, 0.1) is 5.41 Å². The number of nitrogens with zero attached hydrogens (tertiary/aromatic N) is 1. The smallest absolute Gasteiger partial charge is 0.224 e. The van der Waals surface area contributed by atoms with Crippen molar-refractivity contribution in [2.45, 2.75) is 40.0 Å². The van der Waals surface area contributed by atoms with E-state index in [0.29, 0.717) is 6.42 Å². The average molecular weight is 260 g/mol. The first-order valence-electron chi connectivity index (χ1n) is 7.09. The van der Waals surface area contributed by atoms with E-state index in [-0.39, 0.29) is 11.3 Å². The molecule has 0 spiro atoms. The molecule has 0 aliphatic carbocycles. The Kier molecular flexibility index (Phi) is 4.13. The van der Waals surface area contributed by atoms with Crippen LogP contribution in [-0.2, 0) is 4.79 Å². The third-order valence-electron chi connectivity index (χ3n) is 3.32. The van der Waals surface area contributed by atoms with Crippen molar-refractivity contribution in [3.05, 3.63) is 24.3 Å². The summed E-state index contributed by atoms with van der Waals surface area (Å²) in [5.74, 6) is 0.0964. The highest BCUT2D eigenvalue weighted by Gasteiger charge is 2.19. The van der Waals surface area contributed by atoms with Crippen LogP contribution in [-0.4, -0.2) is 19.0 Å². The number of benzene rings is 1. The Morgan fingerprint density at radius 2 is 1.84 bits per heavy atom. The zero-order valence-electron chi connectivity index (χ0n) is 12.2. The van der Waals surface area contributed by atoms with Crippen molar-refractivity contribution in [1.29, 1.82) is 0 Å². The van der Waals surface area contributed by atoms with Gasteiger partial charge in [0, 0.05) is 19.5 Å². The van der Waals surface area contributed by atoms with Crippen molar-refractivity contribution >= 4 is 17.3 Å². The van der Waals surface area contributed by atoms with Crippen molar-refractivity contribution in [2.75, 3.05) is 23.3 Å². The molecule has 1 aromatic carbocycles. The summed E-state index contributed by atoms with van der Waals surface area (Å²) in [6.07, 6.45) is 3.02. The predicted octanol–water partition coefficient (Wildman–Crippen LogP) is 3.66. The minimum absolute atomic E-state index is 0.0205. The molecule has 1 fully saturated rings. The summed E-state index contributed by atoms with van der Waals surface area (Å²) in [6.45, 7) is 8.43. The normalized spacial score (nSPS) is 15.6. The molecule has 1 aromatic rings. The van der Waals surface area contributed by atoms with Gasteiger partial charge < -0.3 is 10.2 Å². The van der Waals surface area contributed by atoms with E-state index >= 15 is 0 Å². The van der Waals surface area contributed by atoms with Crippen molar-refractivity contribution < 1.29 is 4.79 Å². The first-order valence-corrected chi connectivity index (χ1v) is 7.09. The molecule has 0 radical (unpaired) electrons. The zero-order chi connectivity index (χ0) is 13.9. The van der Waals surface area contributed by atoms with Crippen LogP contribution >= 0.6 is 0 Å². The molecule has 104 valence electrons. The zero-order valence-corrected chi connectivity index (χ0v) is 12.2. The molecule has 3 heteroatoms. The molecule has 0 aromatic heterocycles. The van der Waals surface area contributed by atoms with Gasteiger partial charge in [-0.1, -0.05) is 32.9 Å². The quantitative estimate of drug-likeness (QED) is 0.899. The van der Waals surface area contributed by atoms with Gasteiger partial charge >= 0.3 is 0 Å². The molecule has 1 aliphatic rings. The van der Waals surface area contributed by atoms with E-state index < -0.39 is 0 Å². The minimum atomic E-state index is 0.0205. The van der Waals surface area contributed by atoms with Gasteiger partial charge in [-0.25, -0.2) is 0 Å². The van der Waals surface area contributed by atoms with E-state index in [1.165, 1.54) is 12.8 Å². The number of para-hydroxylation sites is 2. The summed E-state index contributed by atoms with van der Waals surface area (Å²) in [7, 11) is 0. The fourth-order valence-corrected chi connectivity index (χ4v) is 2.49. The second kappa shape index (κ2) is 5.64. The number of anilines is 2. The van der Waals surface area contributed by atoms with Crippen LogP contribution in [0.1, 0.15) is 40.0 Å². The summed E-state index contributed by atoms with van der Waals surface area (Å²) in [5.41, 5.74) is 2.12. The highest BCUT2D eigenvalue weighted by molar-refractivity contribution is 5.94. The number of amides is 1. The number of rotatable bonds is 3. The van der Waals surface area contributed by atoms with Crippen molar-refractivity contribution in [1.82, 2.24) is 0 Å². The molecule has 2 rings (SSSR count). The third kappa shape index (κ3) is 3.98. The Morgan fingerprint density at radius 1 is 1.21 bits per heavy atom. The molecular formula is C16H24N2O. The SMILES string of the molecule is CC(C)(C)CC(=O)Nc1ccccc1N1CCCC1. The lowest BCUT2D eigenvalue weighted by atomic mass is 9.92. The predicted molar refractivity (Wildman–Crippen MR) is 80.6 cm³/mol. The lowest BCUT2D eigenvalue weighted by Crippen LogP contribution is -2.23. The number of carbonyl (C=O) groups is 1. The van der Waals surface area contributed by atoms with Gasteiger partial charge in [-0.2, -0.15) is 0 Å². The Morgan fingerprint density at radius 3 is 2.47 bits per heavy atom. The standard InChI is InChI=1S/C16H24N2O/c1-16(2,3)12-15(19)17-13-8-4-5-9-14(13)18-10-6-7-11-18/h4-5,8-9H,6-7,10-12H2,1-3H3,(H,17,19). The van der Waals surface area contributed by atoms with Crippen molar-refractivity contribution in [3.63, 3.8) is 0 Å². The fourth-order valence-electron chi connectivity index (χ4n) is 2.49. The maximum atomic E-state index is 12.1. The van der Waals surface area contributed by atoms with Gasteiger partial charge in [0.15, 0.2) is 0 Å². The Balaban J connectivity index is 2.09. The van der Waals surface area contributed by atoms with Gasteiger partial charge in [0.1, 0.15) is 0 Å². The lowest BCUT2D eigenvalue weighted by Gasteiger charge is -2.23. The molecule has 0 saturated carbocycles. The summed E-state index contributed by atoms with van der Waals surface area (Å²) < 4.78 is 0. The number of hydrogen-bond donors (Lipinski definition) is 1. The summed E-state index contributed by atoms with van der Waals surface area (Å²) >= 11 is 0. The van der Waals surface area contributed by atoms with Crippen LogP contribution in [0.3, 0.4) is 0 Å². The third-order valence-corrected chi connectivity index (χ3v) is 3.32. The fraction of sp³-hybridized carbons (Fsp3) is 0.562. The van der Waals surface area contributed by atoms with Gasteiger partial charge in [-0.3, -0.25) is 4.79 Å². The molecule has 1 heterocycles. The van der Waals surface area contributed by atoms with E-state index in [2.05, 4.69) is 37.1 Å². The topological polar surface area (TPSA) is 32.3 Å². The lowest BCUT2D eigenvalue weighted by molar-refractivity contribution is -0.117. The second-order valence-corrected chi connectivity index (χ2v) is 6.50. The molecule has 0 atom stereocenters. The Bertz CT molecular complexity index is 442. The molecule has 0 bridgehead atoms. The summed E-state index contributed by atoms with van der Waals surface area (Å²) in [6, 6.07) is 8.10. The van der Waals surface area contributed by atoms with Gasteiger partial charge in [0.05, 0.1) is 11.4 Å². The van der Waals surface area contributed by atoms with E-state index in [4.69, 9.17) is 0 Å². The van der Waals surface area contributed by atoms with Gasteiger partial charge in [0.25, 0.3) is 0 Å². The molecule has 19 heavy (non-hydrogen) atoms. The van der Waals surface area contributed by atoms with Crippen LogP contribution in [0.15, 0.2) is 24.3 Å². The summed E-state index contributed by atoms with van der Waals surface area (Å²) in [5, 5.41) is 3.06. The van der Waals surface area contributed by atoms with Crippen LogP contribution in [0.25, 0.3) is 0 Å². The summed E-state index contributed by atoms with van der Waals surface area (Å²) in [4.78, 5) is 14.4. The molecule has 1 saturated heterocycles. The van der Waals surface area contributed by atoms with Gasteiger partial charge in [-0.05, 0) is 30.4 Å². The molecule has 0 unspecified atom stereocenters. The van der Waals surface area contributed by atoms with Crippen molar-refractivity contribution in [3.8, 4) is 0 Å². The van der Waals surface area contributed by atoms with Crippen LogP contribution < -0.4 is 10.2 Å². The van der Waals surface area contributed by atoms with Crippen LogP contribution in [0.5, 0.6) is 0 Å². The first kappa shape index (κ1) is 13.9. The monoisotopic (exact) mass is 260 g/mol. The minimum Gasteiger partial charge on any atom is -0.370 e. The highest BCUT2D eigenvalue weighted by Crippen LogP contribution is 2.29.